The minimum absolute atomic E-state index is 0.0384. The Morgan fingerprint density at radius 2 is 2.40 bits per heavy atom. The lowest BCUT2D eigenvalue weighted by Crippen LogP contribution is -2.71. The molecule has 2 fully saturated rings. The zero-order valence-corrected chi connectivity index (χ0v) is 10.8. The number of aliphatic hydroxyl groups is 1. The molecule has 2 aliphatic rings. The van der Waals surface area contributed by atoms with E-state index in [2.05, 4.69) is 10.9 Å². The summed E-state index contributed by atoms with van der Waals surface area (Å²) >= 11 is 0. The normalized spacial score (nSPS) is 38.9. The Balaban J connectivity index is 2.19. The summed E-state index contributed by atoms with van der Waals surface area (Å²) in [6, 6.07) is 1.20. The van der Waals surface area contributed by atoms with Gasteiger partial charge in [-0.3, -0.25) is 14.3 Å². The van der Waals surface area contributed by atoms with Crippen LogP contribution in [-0.2, 0) is 15.2 Å². The Morgan fingerprint density at radius 1 is 1.65 bits per heavy atom. The van der Waals surface area contributed by atoms with Gasteiger partial charge >= 0.3 is 5.69 Å². The Morgan fingerprint density at radius 3 is 2.90 bits per heavy atom. The highest BCUT2D eigenvalue weighted by Gasteiger charge is 2.74. The van der Waals surface area contributed by atoms with Crippen molar-refractivity contribution in [3.05, 3.63) is 33.1 Å². The molecule has 1 aromatic rings. The second kappa shape index (κ2) is 4.06. The lowest BCUT2D eigenvalue weighted by atomic mass is 9.81. The standard InChI is InChI=1S/C13H14N2O5/c1-3-8-10(17)12(4-2)13(20-8,7-19-12)15-6-5-9(16)14-11(15)18/h2,5-6,8,10,17H,3,7H2,1H3,(H,14,16,18)/t8-,10?,12+,13-/m1/s1. The average molecular weight is 278 g/mol. The molecule has 3 rings (SSSR count). The van der Waals surface area contributed by atoms with Crippen molar-refractivity contribution < 1.29 is 14.6 Å². The summed E-state index contributed by atoms with van der Waals surface area (Å²) in [5.74, 6) is 2.42. The highest BCUT2D eigenvalue weighted by Crippen LogP contribution is 2.53. The van der Waals surface area contributed by atoms with Crippen LogP contribution < -0.4 is 11.2 Å². The number of aromatic nitrogens is 2. The third-order valence-electron chi connectivity index (χ3n) is 4.02. The van der Waals surface area contributed by atoms with Gasteiger partial charge in [-0.05, 0) is 6.42 Å². The van der Waals surface area contributed by atoms with Gasteiger partial charge in [0, 0.05) is 12.3 Å². The number of aliphatic hydroxyl groups excluding tert-OH is 1. The molecule has 4 atom stereocenters. The largest absolute Gasteiger partial charge is 0.386 e. The van der Waals surface area contributed by atoms with E-state index < -0.39 is 34.8 Å². The molecule has 20 heavy (non-hydrogen) atoms. The summed E-state index contributed by atoms with van der Waals surface area (Å²) in [5.41, 5.74) is -3.84. The zero-order chi connectivity index (χ0) is 14.5. The quantitative estimate of drug-likeness (QED) is 0.660. The number of H-pyrrole nitrogens is 1. The second-order valence-electron chi connectivity index (χ2n) is 4.94. The number of rotatable bonds is 2. The van der Waals surface area contributed by atoms with Crippen LogP contribution in [0.5, 0.6) is 0 Å². The van der Waals surface area contributed by atoms with Crippen molar-refractivity contribution in [3.8, 4) is 12.3 Å². The maximum atomic E-state index is 12.0. The molecule has 2 N–H and O–H groups in total. The molecule has 3 heterocycles. The minimum atomic E-state index is -1.41. The van der Waals surface area contributed by atoms with E-state index in [9.17, 15) is 14.7 Å². The highest BCUT2D eigenvalue weighted by atomic mass is 16.7. The summed E-state index contributed by atoms with van der Waals surface area (Å²) in [7, 11) is 0. The number of ether oxygens (including phenoxy) is 2. The molecular weight excluding hydrogens is 264 g/mol. The molecule has 106 valence electrons. The number of aromatic amines is 1. The van der Waals surface area contributed by atoms with Gasteiger partial charge in [-0.15, -0.1) is 6.42 Å². The van der Waals surface area contributed by atoms with E-state index in [1.54, 1.807) is 0 Å². The van der Waals surface area contributed by atoms with Crippen LogP contribution in [0.4, 0.5) is 0 Å². The SMILES string of the molecule is C#C[C@@]12OC[C@@]1(n1ccc(=O)[nH]c1=O)O[C@H](CC)C2O. The predicted octanol–water partition coefficient (Wildman–Crippen LogP) is -1.24. The van der Waals surface area contributed by atoms with E-state index >= 15 is 0 Å². The first-order valence-electron chi connectivity index (χ1n) is 6.31. The van der Waals surface area contributed by atoms with Gasteiger partial charge in [0.15, 0.2) is 0 Å². The second-order valence-corrected chi connectivity index (χ2v) is 4.94. The molecule has 2 aliphatic heterocycles. The number of nitrogens with zero attached hydrogens (tertiary/aromatic N) is 1. The van der Waals surface area contributed by atoms with Crippen molar-refractivity contribution in [1.82, 2.24) is 9.55 Å². The highest BCUT2D eigenvalue weighted by molar-refractivity contribution is 5.30. The van der Waals surface area contributed by atoms with E-state index in [1.165, 1.54) is 16.8 Å². The number of fused-ring (bicyclic) bond motifs is 1. The smallest absolute Gasteiger partial charge is 0.330 e. The van der Waals surface area contributed by atoms with Gasteiger partial charge in [-0.25, -0.2) is 4.79 Å². The lowest BCUT2D eigenvalue weighted by molar-refractivity contribution is -0.312. The van der Waals surface area contributed by atoms with E-state index in [0.29, 0.717) is 6.42 Å². The molecule has 0 aliphatic carbocycles. The molecule has 0 amide bonds. The molecule has 7 heteroatoms. The molecule has 1 aromatic heterocycles. The summed E-state index contributed by atoms with van der Waals surface area (Å²) in [6.07, 6.45) is 5.77. The van der Waals surface area contributed by atoms with Crippen LogP contribution in [0.1, 0.15) is 13.3 Å². The first-order valence-corrected chi connectivity index (χ1v) is 6.31. The summed E-state index contributed by atoms with van der Waals surface area (Å²) in [5, 5.41) is 10.3. The van der Waals surface area contributed by atoms with Gasteiger partial charge in [0.1, 0.15) is 12.7 Å². The minimum Gasteiger partial charge on any atom is -0.386 e. The summed E-state index contributed by atoms with van der Waals surface area (Å²) in [4.78, 5) is 25.3. The van der Waals surface area contributed by atoms with Gasteiger partial charge in [-0.1, -0.05) is 12.8 Å². The molecule has 0 spiro atoms. The Labute approximate surface area is 114 Å². The number of terminal acetylenes is 1. The van der Waals surface area contributed by atoms with Crippen LogP contribution >= 0.6 is 0 Å². The molecule has 2 saturated heterocycles. The van der Waals surface area contributed by atoms with Crippen LogP contribution in [0.25, 0.3) is 0 Å². The van der Waals surface area contributed by atoms with Crippen LogP contribution in [0.15, 0.2) is 21.9 Å². The van der Waals surface area contributed by atoms with Gasteiger partial charge < -0.3 is 14.6 Å². The van der Waals surface area contributed by atoms with Crippen molar-refractivity contribution in [2.45, 2.75) is 36.9 Å². The first kappa shape index (κ1) is 13.1. The van der Waals surface area contributed by atoms with E-state index in [-0.39, 0.29) is 6.61 Å². The van der Waals surface area contributed by atoms with Crippen molar-refractivity contribution in [3.63, 3.8) is 0 Å². The van der Waals surface area contributed by atoms with Crippen LogP contribution in [0, 0.1) is 12.3 Å². The number of hydrogen-bond acceptors (Lipinski definition) is 5. The van der Waals surface area contributed by atoms with Crippen LogP contribution in [0.3, 0.4) is 0 Å². The van der Waals surface area contributed by atoms with Gasteiger partial charge in [0.2, 0.25) is 11.3 Å². The van der Waals surface area contributed by atoms with Crippen molar-refractivity contribution in [2.24, 2.45) is 0 Å². The van der Waals surface area contributed by atoms with E-state index in [0.717, 1.165) is 0 Å². The lowest BCUT2D eigenvalue weighted by Gasteiger charge is -2.50. The fourth-order valence-corrected chi connectivity index (χ4v) is 2.92. The van der Waals surface area contributed by atoms with Gasteiger partial charge in [0.25, 0.3) is 5.56 Å². The Hall–Kier alpha value is -1.88. The average Bonchev–Trinajstić information content (AvgIpc) is 2.56. The van der Waals surface area contributed by atoms with Crippen LogP contribution in [0.2, 0.25) is 0 Å². The molecular formula is C13H14N2O5. The molecule has 0 radical (unpaired) electrons. The zero-order valence-electron chi connectivity index (χ0n) is 10.8. The Bertz CT molecular complexity index is 702. The molecule has 0 saturated carbocycles. The molecule has 7 nitrogen and oxygen atoms in total. The van der Waals surface area contributed by atoms with E-state index in [1.807, 2.05) is 6.92 Å². The van der Waals surface area contributed by atoms with Crippen molar-refractivity contribution in [1.29, 1.82) is 0 Å². The maximum absolute atomic E-state index is 12.0. The van der Waals surface area contributed by atoms with Crippen LogP contribution in [-0.4, -0.2) is 39.1 Å². The molecule has 0 aromatic carbocycles. The fraction of sp³-hybridized carbons (Fsp3) is 0.538. The van der Waals surface area contributed by atoms with Gasteiger partial charge in [-0.2, -0.15) is 0 Å². The first-order chi connectivity index (χ1) is 9.50. The summed E-state index contributed by atoms with van der Waals surface area (Å²) < 4.78 is 12.4. The van der Waals surface area contributed by atoms with Crippen molar-refractivity contribution >= 4 is 0 Å². The maximum Gasteiger partial charge on any atom is 0.330 e. The summed E-state index contributed by atoms with van der Waals surface area (Å²) in [6.45, 7) is 1.88. The predicted molar refractivity (Wildman–Crippen MR) is 68.0 cm³/mol. The molecule has 0 bridgehead atoms. The monoisotopic (exact) mass is 278 g/mol. The van der Waals surface area contributed by atoms with Crippen molar-refractivity contribution in [2.75, 3.05) is 6.61 Å². The van der Waals surface area contributed by atoms with Gasteiger partial charge in [0.05, 0.1) is 6.10 Å². The fourth-order valence-electron chi connectivity index (χ4n) is 2.92. The van der Waals surface area contributed by atoms with E-state index in [4.69, 9.17) is 15.9 Å². The molecule has 1 unspecified atom stereocenters. The topological polar surface area (TPSA) is 93.6 Å². The third-order valence-corrected chi connectivity index (χ3v) is 4.02. The number of hydrogen-bond donors (Lipinski definition) is 2. The third kappa shape index (κ3) is 1.31. The number of nitrogens with one attached hydrogen (secondary N) is 1. The Kier molecular flexibility index (Phi) is 2.66.